The maximum atomic E-state index is 14.1. The highest BCUT2D eigenvalue weighted by atomic mass is 16.4. The molecular weight excluding hydrogens is 971 g/mol. The van der Waals surface area contributed by atoms with Gasteiger partial charge in [-0.25, -0.2) is 0 Å². The first-order valence-electron chi connectivity index (χ1n) is 23.2. The molecule has 0 unspecified atom stereocenters. The zero-order chi connectivity index (χ0) is 55.8. The molecule has 0 aliphatic rings. The Bertz CT molecular complexity index is 1910. The summed E-state index contributed by atoms with van der Waals surface area (Å²) in [6.07, 6.45) is -1.68. The molecule has 9 amide bonds. The Morgan fingerprint density at radius 3 is 1.16 bits per heavy atom. The summed E-state index contributed by atoms with van der Waals surface area (Å²) in [5.41, 5.74) is 16.5. The third kappa shape index (κ3) is 27.1. The van der Waals surface area contributed by atoms with Gasteiger partial charge in [0, 0.05) is 26.6 Å². The van der Waals surface area contributed by atoms with Crippen LogP contribution in [0.4, 0.5) is 0 Å². The molecule has 32 nitrogen and oxygen atoms in total. The summed E-state index contributed by atoms with van der Waals surface area (Å²) in [6.45, 7) is 0.988. The lowest BCUT2D eigenvalue weighted by Crippen LogP contribution is -2.60. The van der Waals surface area contributed by atoms with E-state index in [2.05, 4.69) is 63.8 Å². The summed E-state index contributed by atoms with van der Waals surface area (Å²) < 4.78 is 0. The number of nitrogens with one attached hydrogen (secondary N) is 14. The van der Waals surface area contributed by atoms with E-state index in [-0.39, 0.29) is 58.2 Å². The Hall–Kier alpha value is -7.45. The minimum Gasteiger partial charge on any atom is -0.481 e. The molecule has 0 spiro atoms. The van der Waals surface area contributed by atoms with Crippen molar-refractivity contribution in [3.63, 3.8) is 0 Å². The number of aliphatic hydroxyl groups excluding tert-OH is 2. The van der Waals surface area contributed by atoms with E-state index in [1.54, 1.807) is 0 Å². The molecule has 0 aliphatic heterocycles. The van der Waals surface area contributed by atoms with Crippen LogP contribution in [0.1, 0.15) is 78.1 Å². The predicted octanol–water partition coefficient (Wildman–Crippen LogP) is -8.78. The van der Waals surface area contributed by atoms with Crippen LogP contribution in [0.25, 0.3) is 0 Å². The minimum atomic E-state index is -1.76. The zero-order valence-corrected chi connectivity index (χ0v) is 41.3. The van der Waals surface area contributed by atoms with Gasteiger partial charge in [-0.05, 0) is 78.8 Å². The highest BCUT2D eigenvalue weighted by Gasteiger charge is 2.34. The monoisotopic (exact) mass is 1050 g/mol. The largest absolute Gasteiger partial charge is 0.481 e. The Balaban J connectivity index is 6.73. The molecule has 0 fully saturated rings. The second kappa shape index (κ2) is 35.6. The van der Waals surface area contributed by atoms with Gasteiger partial charge in [0.15, 0.2) is 11.9 Å². The molecule has 0 saturated heterocycles. The molecule has 0 rings (SSSR count). The number of carbonyl (C=O) groups excluding carboxylic acids is 9. The van der Waals surface area contributed by atoms with Crippen LogP contribution in [0, 0.1) is 10.8 Å². The van der Waals surface area contributed by atoms with Crippen molar-refractivity contribution < 1.29 is 73.2 Å². The van der Waals surface area contributed by atoms with E-state index < -0.39 is 164 Å². The van der Waals surface area contributed by atoms with Gasteiger partial charge in [0.2, 0.25) is 53.2 Å². The van der Waals surface area contributed by atoms with E-state index in [0.29, 0.717) is 6.42 Å². The second-order valence-corrected chi connectivity index (χ2v) is 16.4. The van der Waals surface area contributed by atoms with Crippen molar-refractivity contribution in [2.45, 2.75) is 132 Å². The highest BCUT2D eigenvalue weighted by molar-refractivity contribution is 5.98. The lowest BCUT2D eigenvalue weighted by molar-refractivity contribution is -0.141. The average molecular weight is 1050 g/mol. The van der Waals surface area contributed by atoms with E-state index in [9.17, 15) is 68.1 Å². The molecule has 0 saturated carbocycles. The SMILES string of the molecule is CNC(=O)[C@H](CC(=O)O)NC(=O)[C@H](C)NC(=O)[C@H](CO)NC(=O)[C@H](CCCNC(=N)N)NC(=O)[C@H](CCCNC(=N)N)NC(=O)[C@H](CCCCN)NC(=O)[C@H](CCC(=O)O)NC(=O)[C@H](C)NC(=O)[C@H](CO)NC. The number of carboxylic acids is 2. The number of hydrogen-bond acceptors (Lipinski definition) is 17. The zero-order valence-electron chi connectivity index (χ0n) is 41.3. The standard InChI is InChI=1S/C41H75N17O15/c1-20(51-38(72)27(18-59)47-3)31(65)53-25(12-13-29(61)62)37(71)54-22(9-5-6-14-42)34(68)55-23(10-7-15-49-40(43)44)35(69)56-24(11-8-16-50-41(45)46)36(70)58-28(19-60)39(73)52-21(2)32(66)57-26(17-30(63)64)33(67)48-4/h20-28,47,59-60H,5-19,42H2,1-4H3,(H,48,67)(H,51,72)(H,52,73)(H,53,65)(H,54,71)(H,55,68)(H,56,69)(H,57,66)(H,58,70)(H,61,62)(H,63,64)(H4,43,44,49)(H4,45,46,50)/t20-,21-,22-,23-,24-,25-,26-,27-,28-/m0/s1. The smallest absolute Gasteiger partial charge is 0.305 e. The van der Waals surface area contributed by atoms with Crippen LogP contribution in [0.15, 0.2) is 0 Å². The van der Waals surface area contributed by atoms with Crippen LogP contribution in [0.3, 0.4) is 0 Å². The molecule has 32 heteroatoms. The van der Waals surface area contributed by atoms with Gasteiger partial charge in [0.05, 0.1) is 19.6 Å². The van der Waals surface area contributed by atoms with Crippen molar-refractivity contribution in [2.75, 3.05) is 46.9 Å². The Labute approximate surface area is 420 Å². The lowest BCUT2D eigenvalue weighted by atomic mass is 10.0. The molecule has 0 bridgehead atoms. The minimum absolute atomic E-state index is 0.00743. The van der Waals surface area contributed by atoms with Crippen LogP contribution < -0.4 is 81.0 Å². The maximum Gasteiger partial charge on any atom is 0.305 e. The first kappa shape index (κ1) is 65.5. The van der Waals surface area contributed by atoms with E-state index in [1.165, 1.54) is 27.9 Å². The molecule has 0 heterocycles. The average Bonchev–Trinajstić information content (AvgIpc) is 3.32. The topological polar surface area (TPSA) is 539 Å². The van der Waals surface area contributed by atoms with Crippen molar-refractivity contribution in [3.05, 3.63) is 0 Å². The number of likely N-dealkylation sites (N-methyl/N-ethyl adjacent to an activating group) is 2. The number of carboxylic acid groups (broad SMARTS) is 2. The molecule has 414 valence electrons. The normalized spacial score (nSPS) is 14.5. The summed E-state index contributed by atoms with van der Waals surface area (Å²) >= 11 is 0. The van der Waals surface area contributed by atoms with Crippen LogP contribution in [-0.2, 0) is 52.7 Å². The maximum absolute atomic E-state index is 14.1. The van der Waals surface area contributed by atoms with Gasteiger partial charge in [0.1, 0.15) is 54.4 Å². The Morgan fingerprint density at radius 1 is 0.452 bits per heavy atom. The molecule has 0 aromatic heterocycles. The van der Waals surface area contributed by atoms with E-state index >= 15 is 0 Å². The van der Waals surface area contributed by atoms with Crippen molar-refractivity contribution in [1.29, 1.82) is 10.8 Å². The van der Waals surface area contributed by atoms with Gasteiger partial charge >= 0.3 is 11.9 Å². The van der Waals surface area contributed by atoms with Crippen molar-refractivity contribution in [3.8, 4) is 0 Å². The molecule has 0 aromatic rings. The third-order valence-electron chi connectivity index (χ3n) is 10.5. The summed E-state index contributed by atoms with van der Waals surface area (Å²) in [5.74, 6) is -12.2. The van der Waals surface area contributed by atoms with Gasteiger partial charge in [-0.1, -0.05) is 0 Å². The Kier molecular flexibility index (Phi) is 32.0. The fourth-order valence-electron chi connectivity index (χ4n) is 6.39. The quantitative estimate of drug-likeness (QED) is 0.0156. The summed E-state index contributed by atoms with van der Waals surface area (Å²) in [4.78, 5) is 142. The van der Waals surface area contributed by atoms with Crippen molar-refractivity contribution in [2.24, 2.45) is 17.2 Å². The van der Waals surface area contributed by atoms with Gasteiger partial charge in [-0.2, -0.15) is 0 Å². The van der Waals surface area contributed by atoms with E-state index in [1.807, 2.05) is 0 Å². The summed E-state index contributed by atoms with van der Waals surface area (Å²) in [6, 6.07) is -13.2. The summed E-state index contributed by atoms with van der Waals surface area (Å²) in [5, 5.41) is 81.8. The second-order valence-electron chi connectivity index (χ2n) is 16.4. The number of aliphatic carboxylic acids is 2. The Morgan fingerprint density at radius 2 is 0.808 bits per heavy atom. The van der Waals surface area contributed by atoms with E-state index in [0.717, 1.165) is 0 Å². The number of rotatable bonds is 37. The number of hydrogen-bond donors (Lipinski definition) is 21. The van der Waals surface area contributed by atoms with Crippen molar-refractivity contribution >= 4 is 77.0 Å². The highest BCUT2D eigenvalue weighted by Crippen LogP contribution is 2.09. The van der Waals surface area contributed by atoms with Crippen LogP contribution in [0.2, 0.25) is 0 Å². The molecule has 0 aromatic carbocycles. The van der Waals surface area contributed by atoms with Crippen LogP contribution in [-0.4, -0.2) is 199 Å². The molecule has 24 N–H and O–H groups in total. The van der Waals surface area contributed by atoms with Crippen molar-refractivity contribution in [1.82, 2.24) is 63.8 Å². The van der Waals surface area contributed by atoms with Gasteiger partial charge in [-0.15, -0.1) is 0 Å². The van der Waals surface area contributed by atoms with Gasteiger partial charge in [0.25, 0.3) is 0 Å². The fraction of sp³-hybridized carbons (Fsp3) is 0.683. The third-order valence-corrected chi connectivity index (χ3v) is 10.5. The van der Waals surface area contributed by atoms with Gasteiger partial charge in [-0.3, -0.25) is 63.6 Å². The van der Waals surface area contributed by atoms with Crippen LogP contribution in [0.5, 0.6) is 0 Å². The molecule has 0 radical (unpaired) electrons. The molecular formula is C41H75N17O15. The summed E-state index contributed by atoms with van der Waals surface area (Å²) in [7, 11) is 2.60. The number of guanidine groups is 2. The molecule has 9 atom stereocenters. The lowest BCUT2D eigenvalue weighted by Gasteiger charge is -2.28. The number of nitrogens with two attached hydrogens (primary N) is 3. The first-order chi connectivity index (χ1) is 34.3. The number of aliphatic hydroxyl groups is 2. The van der Waals surface area contributed by atoms with Gasteiger partial charge < -0.3 is 101 Å². The molecule has 73 heavy (non-hydrogen) atoms. The first-order valence-corrected chi connectivity index (χ1v) is 23.2. The van der Waals surface area contributed by atoms with E-state index in [4.69, 9.17) is 33.1 Å². The number of amides is 9. The van der Waals surface area contributed by atoms with Crippen LogP contribution >= 0.6 is 0 Å². The molecule has 0 aliphatic carbocycles. The number of unbranched alkanes of at least 4 members (excludes halogenated alkanes) is 1. The number of carbonyl (C=O) groups is 11. The predicted molar refractivity (Wildman–Crippen MR) is 258 cm³/mol. The fourth-order valence-corrected chi connectivity index (χ4v) is 6.39.